The summed E-state index contributed by atoms with van der Waals surface area (Å²) in [5.74, 6) is -1.72. The van der Waals surface area contributed by atoms with Crippen LogP contribution in [0.15, 0.2) is 102 Å². The van der Waals surface area contributed by atoms with E-state index >= 15 is 0 Å². The number of halogens is 1. The molecular formula is C46H56BBrN2O8. The normalized spacial score (nSPS) is 15.6. The van der Waals surface area contributed by atoms with Crippen molar-refractivity contribution < 1.29 is 38.0 Å². The standard InChI is InChI=1S/C26H34BNO5.C20H22BrNO3/c1-24(2,3)19-13-9-18(10-14-19)22(29)28-21(23(30)31-8)17-11-15-20(16-12-17)27-32-25(4,5)26(6,7)33-27;1-20(2,3)15-9-5-14(6-10-15)18(23)22-17(19(24)25-4)13-7-11-16(21)12-8-13/h9-16,21H,1-8H3,(H,28,29);5-12,17H,1-4H3,(H,22,23). The number of amides is 2. The van der Waals surface area contributed by atoms with Crippen LogP contribution in [0.3, 0.4) is 0 Å². The van der Waals surface area contributed by atoms with Gasteiger partial charge in [-0.2, -0.15) is 0 Å². The highest BCUT2D eigenvalue weighted by Gasteiger charge is 2.51. The third-order valence-corrected chi connectivity index (χ3v) is 11.0. The third kappa shape index (κ3) is 11.5. The summed E-state index contributed by atoms with van der Waals surface area (Å²) < 4.78 is 22.9. The third-order valence-electron chi connectivity index (χ3n) is 10.4. The summed E-state index contributed by atoms with van der Waals surface area (Å²) in [6.07, 6.45) is 0. The van der Waals surface area contributed by atoms with Crippen molar-refractivity contribution in [1.82, 2.24) is 10.6 Å². The lowest BCUT2D eigenvalue weighted by Crippen LogP contribution is -2.41. The molecule has 1 fully saturated rings. The van der Waals surface area contributed by atoms with Crippen LogP contribution in [-0.2, 0) is 39.2 Å². The zero-order valence-corrected chi connectivity index (χ0v) is 37.2. The number of benzene rings is 4. The summed E-state index contributed by atoms with van der Waals surface area (Å²) in [5.41, 5.74) is 4.47. The van der Waals surface area contributed by atoms with Crippen LogP contribution in [0, 0.1) is 0 Å². The number of rotatable bonds is 9. The van der Waals surface area contributed by atoms with E-state index in [-0.39, 0.29) is 22.6 Å². The number of hydrogen-bond acceptors (Lipinski definition) is 8. The second-order valence-electron chi connectivity index (χ2n) is 17.3. The minimum atomic E-state index is -0.933. The van der Waals surface area contributed by atoms with Gasteiger partial charge in [-0.1, -0.05) is 118 Å². The number of carbonyl (C=O) groups excluding carboxylic acids is 4. The van der Waals surface area contributed by atoms with Gasteiger partial charge in [0.1, 0.15) is 0 Å². The molecule has 0 spiro atoms. The van der Waals surface area contributed by atoms with Crippen molar-refractivity contribution in [3.63, 3.8) is 0 Å². The van der Waals surface area contributed by atoms with E-state index in [1.165, 1.54) is 14.2 Å². The van der Waals surface area contributed by atoms with Crippen molar-refractivity contribution in [2.24, 2.45) is 0 Å². The van der Waals surface area contributed by atoms with Crippen LogP contribution in [0.25, 0.3) is 0 Å². The summed E-state index contributed by atoms with van der Waals surface area (Å²) in [6.45, 7) is 20.7. The summed E-state index contributed by atoms with van der Waals surface area (Å²) >= 11 is 3.36. The molecule has 1 aliphatic rings. The van der Waals surface area contributed by atoms with Crippen molar-refractivity contribution >= 4 is 52.3 Å². The van der Waals surface area contributed by atoms with Gasteiger partial charge in [0.25, 0.3) is 11.8 Å². The first-order valence-electron chi connectivity index (χ1n) is 19.2. The molecule has 12 heteroatoms. The molecule has 1 saturated heterocycles. The van der Waals surface area contributed by atoms with Crippen molar-refractivity contribution in [2.75, 3.05) is 14.2 Å². The Morgan fingerprint density at radius 1 is 0.569 bits per heavy atom. The maximum absolute atomic E-state index is 12.9. The Morgan fingerprint density at radius 3 is 1.21 bits per heavy atom. The first kappa shape index (κ1) is 45.9. The van der Waals surface area contributed by atoms with E-state index < -0.39 is 42.3 Å². The lowest BCUT2D eigenvalue weighted by Gasteiger charge is -2.32. The van der Waals surface area contributed by atoms with Gasteiger partial charge in [0.05, 0.1) is 25.4 Å². The zero-order chi connectivity index (χ0) is 43.2. The van der Waals surface area contributed by atoms with Gasteiger partial charge in [0, 0.05) is 15.6 Å². The van der Waals surface area contributed by atoms with Gasteiger partial charge in [-0.15, -0.1) is 0 Å². The predicted octanol–water partition coefficient (Wildman–Crippen LogP) is 8.32. The highest BCUT2D eigenvalue weighted by atomic mass is 79.9. The molecule has 1 aliphatic heterocycles. The average molecular weight is 856 g/mol. The molecule has 1 heterocycles. The molecule has 0 aliphatic carbocycles. The highest BCUT2D eigenvalue weighted by molar-refractivity contribution is 9.10. The molecule has 0 radical (unpaired) electrons. The van der Waals surface area contributed by atoms with Gasteiger partial charge in [-0.25, -0.2) is 9.59 Å². The zero-order valence-electron chi connectivity index (χ0n) is 35.6. The SMILES string of the molecule is COC(=O)C(NC(=O)c1ccc(C(C)(C)C)cc1)c1ccc(B2OC(C)(C)C(C)(C)O2)cc1.COC(=O)C(NC(=O)c1ccc(C(C)(C)C)cc1)c1ccc(Br)cc1. The van der Waals surface area contributed by atoms with Gasteiger partial charge in [-0.05, 0) is 103 Å². The molecule has 4 aromatic rings. The lowest BCUT2D eigenvalue weighted by atomic mass is 9.78. The first-order chi connectivity index (χ1) is 27.0. The number of ether oxygens (including phenoxy) is 2. The Hall–Kier alpha value is -4.78. The Bertz CT molecular complexity index is 2040. The second-order valence-corrected chi connectivity index (χ2v) is 18.2. The van der Waals surface area contributed by atoms with Crippen molar-refractivity contribution in [2.45, 2.75) is 103 Å². The number of esters is 2. The van der Waals surface area contributed by atoms with E-state index in [0.717, 1.165) is 21.1 Å². The largest absolute Gasteiger partial charge is 0.494 e. The van der Waals surface area contributed by atoms with Gasteiger partial charge in [0.2, 0.25) is 0 Å². The monoisotopic (exact) mass is 854 g/mol. The van der Waals surface area contributed by atoms with Crippen LogP contribution in [-0.4, -0.2) is 56.3 Å². The minimum Gasteiger partial charge on any atom is -0.467 e. The quantitative estimate of drug-likeness (QED) is 0.127. The van der Waals surface area contributed by atoms with Crippen LogP contribution in [0.2, 0.25) is 0 Å². The molecule has 2 atom stereocenters. The maximum atomic E-state index is 12.9. The summed E-state index contributed by atoms with van der Waals surface area (Å²) in [7, 11) is 2.10. The average Bonchev–Trinajstić information content (AvgIpc) is 3.40. The number of methoxy groups -OCH3 is 2. The van der Waals surface area contributed by atoms with E-state index in [2.05, 4.69) is 68.1 Å². The molecule has 4 aromatic carbocycles. The molecule has 0 aromatic heterocycles. The van der Waals surface area contributed by atoms with Crippen LogP contribution < -0.4 is 16.1 Å². The molecular weight excluding hydrogens is 799 g/mol. The molecule has 2 amide bonds. The molecule has 308 valence electrons. The van der Waals surface area contributed by atoms with Crippen molar-refractivity contribution in [3.05, 3.63) is 135 Å². The molecule has 0 saturated carbocycles. The lowest BCUT2D eigenvalue weighted by molar-refractivity contribution is -0.143. The number of carbonyl (C=O) groups is 4. The molecule has 10 nitrogen and oxygen atoms in total. The van der Waals surface area contributed by atoms with Crippen molar-refractivity contribution in [1.29, 1.82) is 0 Å². The minimum absolute atomic E-state index is 0.0114. The smallest absolute Gasteiger partial charge is 0.467 e. The Labute approximate surface area is 352 Å². The fourth-order valence-electron chi connectivity index (χ4n) is 5.94. The Morgan fingerprint density at radius 2 is 0.897 bits per heavy atom. The number of nitrogens with one attached hydrogen (secondary N) is 2. The summed E-state index contributed by atoms with van der Waals surface area (Å²) in [6, 6.07) is 27.4. The topological polar surface area (TPSA) is 129 Å². The molecule has 5 rings (SSSR count). The molecule has 2 unspecified atom stereocenters. The van der Waals surface area contributed by atoms with E-state index in [1.54, 1.807) is 48.5 Å². The van der Waals surface area contributed by atoms with E-state index in [1.807, 2.05) is 76.2 Å². The van der Waals surface area contributed by atoms with Gasteiger partial charge in [-0.3, -0.25) is 9.59 Å². The van der Waals surface area contributed by atoms with Crippen LogP contribution >= 0.6 is 15.9 Å². The van der Waals surface area contributed by atoms with E-state index in [4.69, 9.17) is 18.8 Å². The second kappa shape index (κ2) is 18.4. The fraction of sp³-hybridized carbons (Fsp3) is 0.391. The van der Waals surface area contributed by atoms with Crippen LogP contribution in [0.1, 0.15) is 124 Å². The van der Waals surface area contributed by atoms with E-state index in [0.29, 0.717) is 22.3 Å². The van der Waals surface area contributed by atoms with Crippen LogP contribution in [0.4, 0.5) is 0 Å². The van der Waals surface area contributed by atoms with Gasteiger partial charge >= 0.3 is 19.1 Å². The Balaban J connectivity index is 0.000000267. The highest BCUT2D eigenvalue weighted by Crippen LogP contribution is 2.36. The predicted molar refractivity (Wildman–Crippen MR) is 231 cm³/mol. The van der Waals surface area contributed by atoms with Crippen molar-refractivity contribution in [3.8, 4) is 0 Å². The van der Waals surface area contributed by atoms with Gasteiger partial charge < -0.3 is 29.4 Å². The molecule has 0 bridgehead atoms. The number of hydrogen-bond donors (Lipinski definition) is 2. The molecule has 2 N–H and O–H groups in total. The Kier molecular flexibility index (Phi) is 14.6. The van der Waals surface area contributed by atoms with Crippen LogP contribution in [0.5, 0.6) is 0 Å². The summed E-state index contributed by atoms with van der Waals surface area (Å²) in [4.78, 5) is 50.0. The first-order valence-corrected chi connectivity index (χ1v) is 20.0. The molecule has 58 heavy (non-hydrogen) atoms. The van der Waals surface area contributed by atoms with Gasteiger partial charge in [0.15, 0.2) is 12.1 Å². The fourth-order valence-corrected chi connectivity index (χ4v) is 6.21. The summed E-state index contributed by atoms with van der Waals surface area (Å²) in [5, 5.41) is 5.55. The maximum Gasteiger partial charge on any atom is 0.494 e. The van der Waals surface area contributed by atoms with E-state index in [9.17, 15) is 19.2 Å².